The number of halogens is 1. The number of carbonyl (C=O) groups excluding carboxylic acids is 1. The largest absolute Gasteiger partial charge is 0.383 e. The van der Waals surface area contributed by atoms with Crippen LogP contribution in [0, 0.1) is 12.3 Å². The van der Waals surface area contributed by atoms with Gasteiger partial charge in [-0.25, -0.2) is 9.97 Å². The minimum atomic E-state index is 0. The van der Waals surface area contributed by atoms with Crippen LogP contribution in [0.5, 0.6) is 0 Å². The van der Waals surface area contributed by atoms with Crippen LogP contribution >= 0.6 is 23.7 Å². The summed E-state index contributed by atoms with van der Waals surface area (Å²) in [5.74, 6) is 0.890. The van der Waals surface area contributed by atoms with Crippen molar-refractivity contribution in [2.75, 3.05) is 18.4 Å². The van der Waals surface area contributed by atoms with Gasteiger partial charge in [-0.3, -0.25) is 10.2 Å². The summed E-state index contributed by atoms with van der Waals surface area (Å²) in [6.45, 7) is 4.20. The quantitative estimate of drug-likeness (QED) is 0.423. The fourth-order valence-electron chi connectivity index (χ4n) is 3.46. The molecule has 1 aliphatic rings. The zero-order valence-corrected chi connectivity index (χ0v) is 17.7. The van der Waals surface area contributed by atoms with Crippen LogP contribution in [0.15, 0.2) is 30.6 Å². The van der Waals surface area contributed by atoms with Crippen molar-refractivity contribution in [2.24, 2.45) is 5.73 Å². The van der Waals surface area contributed by atoms with E-state index in [4.69, 9.17) is 11.1 Å². The minimum Gasteiger partial charge on any atom is -0.383 e. The number of anilines is 1. The zero-order valence-electron chi connectivity index (χ0n) is 16.1. The number of fused-ring (bicyclic) bond motifs is 1. The molecule has 1 aliphatic heterocycles. The predicted octanol–water partition coefficient (Wildman–Crippen LogP) is 3.55. The van der Waals surface area contributed by atoms with Gasteiger partial charge < -0.3 is 16.0 Å². The molecular weight excluding hydrogens is 408 g/mol. The Hall–Kier alpha value is -2.71. The highest BCUT2D eigenvalue weighted by Crippen LogP contribution is 2.26. The third kappa shape index (κ3) is 4.33. The predicted molar refractivity (Wildman–Crippen MR) is 119 cm³/mol. The van der Waals surface area contributed by atoms with Gasteiger partial charge in [0.05, 0.1) is 16.9 Å². The van der Waals surface area contributed by atoms with Gasteiger partial charge in [-0.05, 0) is 49.6 Å². The molecule has 29 heavy (non-hydrogen) atoms. The molecule has 0 unspecified atom stereocenters. The number of aromatic nitrogens is 2. The minimum absolute atomic E-state index is 0. The number of nitrogens with two attached hydrogens (primary N) is 1. The Balaban J connectivity index is 0.00000240. The molecular formula is C20H23ClN6OS. The van der Waals surface area contributed by atoms with Gasteiger partial charge >= 0.3 is 0 Å². The number of hydrogen-bond acceptors (Lipinski definition) is 6. The second-order valence-corrected chi connectivity index (χ2v) is 8.11. The van der Waals surface area contributed by atoms with Gasteiger partial charge in [-0.2, -0.15) is 0 Å². The summed E-state index contributed by atoms with van der Waals surface area (Å²) >= 11 is 1.48. The van der Waals surface area contributed by atoms with Crippen molar-refractivity contribution in [2.45, 2.75) is 26.3 Å². The van der Waals surface area contributed by atoms with Crippen LogP contribution in [-0.2, 0) is 6.54 Å². The van der Waals surface area contributed by atoms with Crippen LogP contribution in [0.4, 0.5) is 5.82 Å². The molecule has 3 heterocycles. The van der Waals surface area contributed by atoms with Crippen molar-refractivity contribution < 1.29 is 4.79 Å². The fourth-order valence-corrected chi connectivity index (χ4v) is 4.27. The number of amidine groups is 1. The molecule has 9 heteroatoms. The maximum absolute atomic E-state index is 12.8. The summed E-state index contributed by atoms with van der Waals surface area (Å²) in [6.07, 6.45) is 3.66. The lowest BCUT2D eigenvalue weighted by molar-refractivity contribution is 0.0792. The Morgan fingerprint density at radius 3 is 2.72 bits per heavy atom. The smallest absolute Gasteiger partial charge is 0.254 e. The van der Waals surface area contributed by atoms with Crippen molar-refractivity contribution in [1.82, 2.24) is 14.9 Å². The number of rotatable bonds is 5. The lowest BCUT2D eigenvalue weighted by Gasteiger charge is -2.17. The summed E-state index contributed by atoms with van der Waals surface area (Å²) in [5, 5.41) is 11.7. The van der Waals surface area contributed by atoms with E-state index in [0.29, 0.717) is 12.1 Å². The Kier molecular flexibility index (Phi) is 6.34. The lowest BCUT2D eigenvalue weighted by Crippen LogP contribution is -2.28. The average Bonchev–Trinajstić information content (AvgIpc) is 3.37. The highest BCUT2D eigenvalue weighted by Gasteiger charge is 2.22. The maximum Gasteiger partial charge on any atom is 0.254 e. The molecule has 0 atom stereocenters. The molecule has 0 bridgehead atoms. The number of amides is 1. The molecule has 1 saturated heterocycles. The Morgan fingerprint density at radius 2 is 2.03 bits per heavy atom. The first-order chi connectivity index (χ1) is 13.5. The molecule has 1 fully saturated rings. The van der Waals surface area contributed by atoms with E-state index in [1.165, 1.54) is 17.7 Å². The number of benzene rings is 1. The molecule has 0 radical (unpaired) electrons. The normalized spacial score (nSPS) is 13.3. The van der Waals surface area contributed by atoms with Crippen molar-refractivity contribution >= 4 is 52.2 Å². The topological polar surface area (TPSA) is 108 Å². The number of hydrogen-bond donors (Lipinski definition) is 3. The maximum atomic E-state index is 12.8. The van der Waals surface area contributed by atoms with Gasteiger partial charge in [-0.15, -0.1) is 23.7 Å². The molecule has 1 aromatic carbocycles. The molecule has 0 saturated carbocycles. The van der Waals surface area contributed by atoms with Crippen LogP contribution in [0.25, 0.3) is 10.9 Å². The molecule has 0 aliphatic carbocycles. The van der Waals surface area contributed by atoms with Crippen LogP contribution in [-0.4, -0.2) is 39.7 Å². The van der Waals surface area contributed by atoms with Crippen LogP contribution < -0.4 is 11.1 Å². The molecule has 1 amide bonds. The van der Waals surface area contributed by atoms with E-state index < -0.39 is 0 Å². The molecule has 152 valence electrons. The van der Waals surface area contributed by atoms with Gasteiger partial charge in [0.25, 0.3) is 5.91 Å². The van der Waals surface area contributed by atoms with E-state index in [9.17, 15) is 4.79 Å². The fraction of sp³-hybridized carbons (Fsp3) is 0.300. The van der Waals surface area contributed by atoms with E-state index in [1.54, 1.807) is 0 Å². The van der Waals surface area contributed by atoms with Gasteiger partial charge in [0.15, 0.2) is 0 Å². The van der Waals surface area contributed by atoms with Crippen LogP contribution in [0.2, 0.25) is 0 Å². The van der Waals surface area contributed by atoms with Crippen molar-refractivity contribution in [3.8, 4) is 0 Å². The summed E-state index contributed by atoms with van der Waals surface area (Å²) in [4.78, 5) is 25.3. The standard InChI is InChI=1S/C20H22N6OS.ClH/c1-12-8-15-16(9-14(12)20(27)26-6-2-3-7-26)24-11-25-19(15)23-10-13-4-5-17(28-13)18(21)22;/h4-5,8-9,11H,2-3,6-7,10H2,1H3,(H3,21,22)(H,23,24,25);1H. The average molecular weight is 431 g/mol. The van der Waals surface area contributed by atoms with Crippen LogP contribution in [0.3, 0.4) is 0 Å². The number of nitrogens with one attached hydrogen (secondary N) is 2. The second-order valence-electron chi connectivity index (χ2n) is 6.94. The molecule has 2 aromatic heterocycles. The van der Waals surface area contributed by atoms with Crippen molar-refractivity contribution in [3.05, 3.63) is 51.5 Å². The molecule has 4 rings (SSSR count). The summed E-state index contributed by atoms with van der Waals surface area (Å²) in [5.41, 5.74) is 7.92. The van der Waals surface area contributed by atoms with Crippen molar-refractivity contribution in [1.29, 1.82) is 5.41 Å². The first kappa shape index (κ1) is 21.0. The number of likely N-dealkylation sites (tertiary alicyclic amines) is 1. The van der Waals surface area contributed by atoms with Gasteiger partial charge in [0.2, 0.25) is 0 Å². The van der Waals surface area contributed by atoms with E-state index in [0.717, 1.165) is 58.0 Å². The number of nitrogens with zero attached hydrogens (tertiary/aromatic N) is 3. The summed E-state index contributed by atoms with van der Waals surface area (Å²) < 4.78 is 0. The Labute approximate surface area is 179 Å². The molecule has 7 nitrogen and oxygen atoms in total. The van der Waals surface area contributed by atoms with Gasteiger partial charge in [0.1, 0.15) is 18.0 Å². The molecule has 0 spiro atoms. The monoisotopic (exact) mass is 430 g/mol. The molecule has 3 aromatic rings. The van der Waals surface area contributed by atoms with Gasteiger partial charge in [0, 0.05) is 28.9 Å². The number of thiophene rings is 1. The van der Waals surface area contributed by atoms with Gasteiger partial charge in [-0.1, -0.05) is 0 Å². The van der Waals surface area contributed by atoms with E-state index in [1.807, 2.05) is 36.1 Å². The lowest BCUT2D eigenvalue weighted by atomic mass is 10.0. The Bertz CT molecular complexity index is 1060. The third-order valence-electron chi connectivity index (χ3n) is 4.96. The first-order valence-electron chi connectivity index (χ1n) is 9.24. The zero-order chi connectivity index (χ0) is 19.7. The molecule has 4 N–H and O–H groups in total. The van der Waals surface area contributed by atoms with Crippen LogP contribution in [0.1, 0.15) is 38.5 Å². The first-order valence-corrected chi connectivity index (χ1v) is 10.1. The highest BCUT2D eigenvalue weighted by atomic mass is 35.5. The van der Waals surface area contributed by atoms with Crippen molar-refractivity contribution in [3.63, 3.8) is 0 Å². The highest BCUT2D eigenvalue weighted by molar-refractivity contribution is 7.14. The summed E-state index contributed by atoms with van der Waals surface area (Å²) in [7, 11) is 0. The van der Waals surface area contributed by atoms with E-state index in [2.05, 4.69) is 15.3 Å². The Morgan fingerprint density at radius 1 is 1.28 bits per heavy atom. The number of carbonyl (C=O) groups is 1. The third-order valence-corrected chi connectivity index (χ3v) is 6.08. The summed E-state index contributed by atoms with van der Waals surface area (Å²) in [6, 6.07) is 7.66. The number of aryl methyl sites for hydroxylation is 1. The van der Waals surface area contributed by atoms with E-state index >= 15 is 0 Å². The van der Waals surface area contributed by atoms with E-state index in [-0.39, 0.29) is 24.1 Å². The second kappa shape index (κ2) is 8.75. The SMILES string of the molecule is Cc1cc2c(NCc3ccc(C(=N)N)s3)ncnc2cc1C(=O)N1CCCC1.Cl. The number of nitrogen functional groups attached to an aromatic ring is 1.